The molecule has 0 radical (unpaired) electrons. The molecule has 7 heteroatoms. The molecule has 2 atom stereocenters. The van der Waals surface area contributed by atoms with Gasteiger partial charge in [-0.3, -0.25) is 16.0 Å². The summed E-state index contributed by atoms with van der Waals surface area (Å²) in [6.07, 6.45) is 4.29. The van der Waals surface area contributed by atoms with Gasteiger partial charge >= 0.3 is 0 Å². The second kappa shape index (κ2) is 6.91. The van der Waals surface area contributed by atoms with E-state index in [1.165, 1.54) is 18.6 Å². The minimum atomic E-state index is 0.131. The fourth-order valence-corrected chi connectivity index (χ4v) is 4.18. The van der Waals surface area contributed by atoms with Gasteiger partial charge in [-0.1, -0.05) is 0 Å². The highest BCUT2D eigenvalue weighted by molar-refractivity contribution is 9.10. The lowest BCUT2D eigenvalue weighted by Gasteiger charge is -2.23. The average molecular weight is 335 g/mol. The van der Waals surface area contributed by atoms with Gasteiger partial charge < -0.3 is 4.74 Å². The van der Waals surface area contributed by atoms with Crippen LogP contribution in [0.25, 0.3) is 0 Å². The Balaban J connectivity index is 2.20. The molecular formula is C11H19BrN4OS. The first-order valence-corrected chi connectivity index (χ1v) is 7.90. The van der Waals surface area contributed by atoms with Crippen LogP contribution in [0.5, 0.6) is 0 Å². The van der Waals surface area contributed by atoms with Gasteiger partial charge in [-0.25, -0.2) is 0 Å². The molecule has 0 saturated carbocycles. The minimum absolute atomic E-state index is 0.131. The Hall–Kier alpha value is -0.0800. The number of nitrogens with one attached hydrogen (secondary N) is 1. The molecule has 2 heterocycles. The van der Waals surface area contributed by atoms with Gasteiger partial charge in [0.05, 0.1) is 35.6 Å². The minimum Gasteiger partial charge on any atom is -0.383 e. The van der Waals surface area contributed by atoms with Crippen molar-refractivity contribution in [1.82, 2.24) is 15.2 Å². The SMILES string of the molecule is COCCn1ncc(Br)c1C(NN)C1CCCS1. The van der Waals surface area contributed by atoms with E-state index in [0.29, 0.717) is 11.9 Å². The topological polar surface area (TPSA) is 65.1 Å². The Morgan fingerprint density at radius 2 is 2.61 bits per heavy atom. The molecule has 1 aliphatic heterocycles. The summed E-state index contributed by atoms with van der Waals surface area (Å²) in [5, 5.41) is 4.90. The number of rotatable bonds is 6. The van der Waals surface area contributed by atoms with Gasteiger partial charge in [0.25, 0.3) is 0 Å². The summed E-state index contributed by atoms with van der Waals surface area (Å²) in [6, 6.07) is 0.131. The molecule has 0 spiro atoms. The molecule has 0 aromatic carbocycles. The van der Waals surface area contributed by atoms with Crippen LogP contribution >= 0.6 is 27.7 Å². The molecule has 102 valence electrons. The van der Waals surface area contributed by atoms with Crippen LogP contribution in [0, 0.1) is 0 Å². The third-order valence-electron chi connectivity index (χ3n) is 3.15. The van der Waals surface area contributed by atoms with E-state index in [2.05, 4.69) is 26.5 Å². The summed E-state index contributed by atoms with van der Waals surface area (Å²) in [5.41, 5.74) is 4.07. The first-order valence-electron chi connectivity index (χ1n) is 6.05. The normalized spacial score (nSPS) is 21.4. The van der Waals surface area contributed by atoms with Crippen molar-refractivity contribution in [2.45, 2.75) is 30.7 Å². The van der Waals surface area contributed by atoms with E-state index in [-0.39, 0.29) is 6.04 Å². The van der Waals surface area contributed by atoms with E-state index < -0.39 is 0 Å². The van der Waals surface area contributed by atoms with Crippen molar-refractivity contribution < 1.29 is 4.74 Å². The van der Waals surface area contributed by atoms with Crippen molar-refractivity contribution in [3.05, 3.63) is 16.4 Å². The molecule has 18 heavy (non-hydrogen) atoms. The Kier molecular flexibility index (Phi) is 5.50. The number of hydrazine groups is 1. The summed E-state index contributed by atoms with van der Waals surface area (Å²) in [6.45, 7) is 1.39. The van der Waals surface area contributed by atoms with E-state index in [0.717, 1.165) is 16.7 Å². The molecule has 0 bridgehead atoms. The third-order valence-corrected chi connectivity index (χ3v) is 5.22. The van der Waals surface area contributed by atoms with Crippen LogP contribution < -0.4 is 11.3 Å². The Labute approximate surface area is 120 Å². The maximum Gasteiger partial charge on any atom is 0.0758 e. The quantitative estimate of drug-likeness (QED) is 0.612. The summed E-state index contributed by atoms with van der Waals surface area (Å²) < 4.78 is 8.09. The van der Waals surface area contributed by atoms with Crippen molar-refractivity contribution in [3.8, 4) is 0 Å². The maximum absolute atomic E-state index is 5.75. The van der Waals surface area contributed by atoms with Crippen LogP contribution in [0.1, 0.15) is 24.6 Å². The number of nitrogens with zero attached hydrogens (tertiary/aromatic N) is 2. The molecule has 2 unspecified atom stereocenters. The van der Waals surface area contributed by atoms with E-state index >= 15 is 0 Å². The van der Waals surface area contributed by atoms with Crippen LogP contribution in [0.3, 0.4) is 0 Å². The predicted molar refractivity (Wildman–Crippen MR) is 77.3 cm³/mol. The highest BCUT2D eigenvalue weighted by Gasteiger charge is 2.30. The predicted octanol–water partition coefficient (Wildman–Crippen LogP) is 1.69. The molecule has 1 saturated heterocycles. The second-order valence-electron chi connectivity index (χ2n) is 4.29. The summed E-state index contributed by atoms with van der Waals surface area (Å²) in [4.78, 5) is 0. The summed E-state index contributed by atoms with van der Waals surface area (Å²) in [7, 11) is 1.70. The number of methoxy groups -OCH3 is 1. The van der Waals surface area contributed by atoms with Crippen molar-refractivity contribution in [1.29, 1.82) is 0 Å². The molecule has 5 nitrogen and oxygen atoms in total. The third kappa shape index (κ3) is 3.08. The number of hydrogen-bond acceptors (Lipinski definition) is 5. The number of thioether (sulfide) groups is 1. The monoisotopic (exact) mass is 334 g/mol. The number of nitrogens with two attached hydrogens (primary N) is 1. The van der Waals surface area contributed by atoms with Crippen LogP contribution in [-0.4, -0.2) is 34.5 Å². The first-order chi connectivity index (χ1) is 8.77. The molecule has 0 amide bonds. The van der Waals surface area contributed by atoms with Crippen LogP contribution in [-0.2, 0) is 11.3 Å². The van der Waals surface area contributed by atoms with Gasteiger partial charge in [0, 0.05) is 12.4 Å². The van der Waals surface area contributed by atoms with E-state index in [1.807, 2.05) is 22.6 Å². The zero-order valence-corrected chi connectivity index (χ0v) is 12.8. The summed E-state index contributed by atoms with van der Waals surface area (Å²) in [5.74, 6) is 6.97. The molecule has 1 fully saturated rings. The molecule has 1 aromatic heterocycles. The number of aromatic nitrogens is 2. The van der Waals surface area contributed by atoms with Crippen molar-refractivity contribution >= 4 is 27.7 Å². The van der Waals surface area contributed by atoms with Crippen molar-refractivity contribution in [2.75, 3.05) is 19.5 Å². The van der Waals surface area contributed by atoms with Crippen molar-refractivity contribution in [3.63, 3.8) is 0 Å². The lowest BCUT2D eigenvalue weighted by molar-refractivity contribution is 0.181. The van der Waals surface area contributed by atoms with Gasteiger partial charge in [0.15, 0.2) is 0 Å². The molecular weight excluding hydrogens is 316 g/mol. The van der Waals surface area contributed by atoms with Gasteiger partial charge in [0.1, 0.15) is 0 Å². The number of ether oxygens (including phenoxy) is 1. The van der Waals surface area contributed by atoms with E-state index in [4.69, 9.17) is 10.6 Å². The maximum atomic E-state index is 5.75. The standard InChI is InChI=1S/C11H19BrN4OS/c1-17-5-4-16-11(8(12)7-14-16)10(15-13)9-3-2-6-18-9/h7,9-10,15H,2-6,13H2,1H3. The molecule has 0 aliphatic carbocycles. The summed E-state index contributed by atoms with van der Waals surface area (Å²) >= 11 is 5.55. The lowest BCUT2D eigenvalue weighted by Crippen LogP contribution is -2.36. The van der Waals surface area contributed by atoms with E-state index in [1.54, 1.807) is 7.11 Å². The fraction of sp³-hybridized carbons (Fsp3) is 0.727. The number of hydrogen-bond donors (Lipinski definition) is 2. The van der Waals surface area contributed by atoms with E-state index in [9.17, 15) is 0 Å². The van der Waals surface area contributed by atoms with Gasteiger partial charge in [0.2, 0.25) is 0 Å². The Morgan fingerprint density at radius 1 is 1.78 bits per heavy atom. The number of halogens is 1. The van der Waals surface area contributed by atoms with Crippen LogP contribution in [0.2, 0.25) is 0 Å². The molecule has 1 aromatic rings. The fourth-order valence-electron chi connectivity index (χ4n) is 2.26. The largest absolute Gasteiger partial charge is 0.383 e. The highest BCUT2D eigenvalue weighted by Crippen LogP contribution is 2.37. The van der Waals surface area contributed by atoms with Crippen molar-refractivity contribution in [2.24, 2.45) is 5.84 Å². The molecule has 3 N–H and O–H groups in total. The van der Waals surface area contributed by atoms with Crippen LogP contribution in [0.15, 0.2) is 10.7 Å². The highest BCUT2D eigenvalue weighted by atomic mass is 79.9. The molecule has 1 aliphatic rings. The smallest absolute Gasteiger partial charge is 0.0758 e. The Bertz CT molecular complexity index is 381. The first kappa shape index (κ1) is 14.3. The molecule has 2 rings (SSSR count). The zero-order chi connectivity index (χ0) is 13.0. The lowest BCUT2D eigenvalue weighted by atomic mass is 10.1. The van der Waals surface area contributed by atoms with Gasteiger partial charge in [-0.05, 0) is 34.5 Å². The Morgan fingerprint density at radius 3 is 3.22 bits per heavy atom. The van der Waals surface area contributed by atoms with Gasteiger partial charge in [-0.2, -0.15) is 16.9 Å². The zero-order valence-electron chi connectivity index (χ0n) is 10.4. The average Bonchev–Trinajstić information content (AvgIpc) is 3.00. The van der Waals surface area contributed by atoms with Gasteiger partial charge in [-0.15, -0.1) is 0 Å². The van der Waals surface area contributed by atoms with Crippen LogP contribution in [0.4, 0.5) is 0 Å². The second-order valence-corrected chi connectivity index (χ2v) is 6.49.